The quantitative estimate of drug-likeness (QED) is 0.727. The van der Waals surface area contributed by atoms with Gasteiger partial charge in [-0.2, -0.15) is 0 Å². The third-order valence-electron chi connectivity index (χ3n) is 4.48. The highest BCUT2D eigenvalue weighted by molar-refractivity contribution is 5.97. The second-order valence-electron chi connectivity index (χ2n) is 6.36. The van der Waals surface area contributed by atoms with E-state index in [1.54, 1.807) is 29.2 Å². The molecule has 1 aromatic rings. The highest BCUT2D eigenvalue weighted by Gasteiger charge is 2.27. The molecule has 2 N–H and O–H groups in total. The molecule has 3 amide bonds. The Kier molecular flexibility index (Phi) is 7.34. The van der Waals surface area contributed by atoms with Gasteiger partial charge in [-0.15, -0.1) is 0 Å². The fourth-order valence-electron chi connectivity index (χ4n) is 2.92. The van der Waals surface area contributed by atoms with Gasteiger partial charge in [-0.3, -0.25) is 19.2 Å². The molecule has 1 aliphatic heterocycles. The van der Waals surface area contributed by atoms with Crippen LogP contribution in [0, 0.1) is 5.92 Å². The van der Waals surface area contributed by atoms with E-state index < -0.39 is 11.9 Å². The predicted molar refractivity (Wildman–Crippen MR) is 99.0 cm³/mol. The molecule has 0 bridgehead atoms. The summed E-state index contributed by atoms with van der Waals surface area (Å²) in [6.45, 7) is 2.75. The molecule has 2 rings (SSSR count). The van der Waals surface area contributed by atoms with Crippen LogP contribution in [0.15, 0.2) is 24.3 Å². The first-order valence-electron chi connectivity index (χ1n) is 8.98. The van der Waals surface area contributed by atoms with Crippen molar-refractivity contribution in [2.24, 2.45) is 5.92 Å². The summed E-state index contributed by atoms with van der Waals surface area (Å²) in [4.78, 5) is 49.0. The smallest absolute Gasteiger partial charge is 0.325 e. The van der Waals surface area contributed by atoms with Gasteiger partial charge in [0.05, 0.1) is 13.0 Å². The number of hydrogen-bond donors (Lipinski definition) is 2. The monoisotopic (exact) mass is 375 g/mol. The Balaban J connectivity index is 1.90. The Morgan fingerprint density at radius 2 is 1.89 bits per heavy atom. The van der Waals surface area contributed by atoms with Crippen molar-refractivity contribution < 1.29 is 23.9 Å². The molecule has 0 spiro atoms. The zero-order chi connectivity index (χ0) is 19.8. The van der Waals surface area contributed by atoms with Crippen molar-refractivity contribution in [3.05, 3.63) is 29.8 Å². The number of carbonyl (C=O) groups is 4. The minimum Gasteiger partial charge on any atom is -0.468 e. The Hall–Kier alpha value is -2.90. The third-order valence-corrected chi connectivity index (χ3v) is 4.48. The van der Waals surface area contributed by atoms with E-state index in [1.165, 1.54) is 7.11 Å². The zero-order valence-electron chi connectivity index (χ0n) is 15.6. The van der Waals surface area contributed by atoms with E-state index in [2.05, 4.69) is 15.4 Å². The molecule has 8 nitrogen and oxygen atoms in total. The van der Waals surface area contributed by atoms with Crippen LogP contribution in [-0.2, 0) is 19.1 Å². The standard InChI is InChI=1S/C19H25N3O5/c1-3-16(23)22-10-4-5-14(12-22)19(26)21-15-8-6-13(7-9-15)18(25)20-11-17(24)27-2/h6-9,14H,3-5,10-12H2,1-2H3,(H,20,25)(H,21,26). The van der Waals surface area contributed by atoms with Crippen LogP contribution in [-0.4, -0.2) is 55.3 Å². The van der Waals surface area contributed by atoms with Crippen molar-refractivity contribution in [3.8, 4) is 0 Å². The van der Waals surface area contributed by atoms with Gasteiger partial charge in [0.2, 0.25) is 11.8 Å². The average Bonchev–Trinajstić information content (AvgIpc) is 2.71. The van der Waals surface area contributed by atoms with E-state index in [0.29, 0.717) is 30.8 Å². The Labute approximate surface area is 158 Å². The van der Waals surface area contributed by atoms with Crippen molar-refractivity contribution in [2.75, 3.05) is 32.1 Å². The maximum Gasteiger partial charge on any atom is 0.325 e. The first-order chi connectivity index (χ1) is 12.9. The molecule has 0 aromatic heterocycles. The number of benzene rings is 1. The van der Waals surface area contributed by atoms with E-state index in [4.69, 9.17) is 0 Å². The van der Waals surface area contributed by atoms with Gasteiger partial charge in [-0.1, -0.05) is 6.92 Å². The summed E-state index contributed by atoms with van der Waals surface area (Å²) in [5.74, 6) is -1.24. The molecular formula is C19H25N3O5. The number of nitrogens with one attached hydrogen (secondary N) is 2. The lowest BCUT2D eigenvalue weighted by molar-refractivity contribution is -0.139. The molecule has 1 aromatic carbocycles. The van der Waals surface area contributed by atoms with E-state index in [-0.39, 0.29) is 24.3 Å². The van der Waals surface area contributed by atoms with Crippen molar-refractivity contribution in [1.82, 2.24) is 10.2 Å². The van der Waals surface area contributed by atoms with Gasteiger partial charge in [0.1, 0.15) is 6.54 Å². The summed E-state index contributed by atoms with van der Waals surface area (Å²) in [5.41, 5.74) is 0.942. The summed E-state index contributed by atoms with van der Waals surface area (Å²) in [7, 11) is 1.25. The molecule has 1 fully saturated rings. The van der Waals surface area contributed by atoms with Gasteiger partial charge in [0, 0.05) is 30.8 Å². The topological polar surface area (TPSA) is 105 Å². The molecule has 1 atom stereocenters. The number of nitrogens with zero attached hydrogens (tertiary/aromatic N) is 1. The lowest BCUT2D eigenvalue weighted by Gasteiger charge is -2.31. The molecule has 1 aliphatic rings. The summed E-state index contributed by atoms with van der Waals surface area (Å²) >= 11 is 0. The largest absolute Gasteiger partial charge is 0.468 e. The van der Waals surface area contributed by atoms with Gasteiger partial charge in [-0.25, -0.2) is 0 Å². The van der Waals surface area contributed by atoms with Gasteiger partial charge in [0.25, 0.3) is 5.91 Å². The highest BCUT2D eigenvalue weighted by atomic mass is 16.5. The summed E-state index contributed by atoms with van der Waals surface area (Å²) in [6.07, 6.45) is 1.99. The summed E-state index contributed by atoms with van der Waals surface area (Å²) in [5, 5.41) is 5.28. The highest BCUT2D eigenvalue weighted by Crippen LogP contribution is 2.19. The molecule has 8 heteroatoms. The maximum atomic E-state index is 12.5. The number of piperidine rings is 1. The number of likely N-dealkylation sites (tertiary alicyclic amines) is 1. The summed E-state index contributed by atoms with van der Waals surface area (Å²) < 4.78 is 4.46. The molecule has 0 radical (unpaired) electrons. The van der Waals surface area contributed by atoms with Crippen molar-refractivity contribution >= 4 is 29.4 Å². The number of anilines is 1. The number of esters is 1. The lowest BCUT2D eigenvalue weighted by atomic mass is 9.96. The van der Waals surface area contributed by atoms with Crippen LogP contribution in [0.4, 0.5) is 5.69 Å². The Morgan fingerprint density at radius 1 is 1.19 bits per heavy atom. The summed E-state index contributed by atoms with van der Waals surface area (Å²) in [6, 6.07) is 6.39. The minimum absolute atomic E-state index is 0.0646. The number of rotatable bonds is 6. The van der Waals surface area contributed by atoms with Gasteiger partial charge < -0.3 is 20.3 Å². The first-order valence-corrected chi connectivity index (χ1v) is 8.98. The van der Waals surface area contributed by atoms with E-state index in [9.17, 15) is 19.2 Å². The minimum atomic E-state index is -0.532. The van der Waals surface area contributed by atoms with Crippen molar-refractivity contribution in [3.63, 3.8) is 0 Å². The Bertz CT molecular complexity index is 702. The molecule has 1 unspecified atom stereocenters. The maximum absolute atomic E-state index is 12.5. The molecule has 0 saturated carbocycles. The molecule has 1 heterocycles. The number of ether oxygens (including phenoxy) is 1. The lowest BCUT2D eigenvalue weighted by Crippen LogP contribution is -2.43. The predicted octanol–water partition coefficient (Wildman–Crippen LogP) is 1.18. The SMILES string of the molecule is CCC(=O)N1CCCC(C(=O)Nc2ccc(C(=O)NCC(=O)OC)cc2)C1. The number of carbonyl (C=O) groups excluding carboxylic acids is 4. The average molecular weight is 375 g/mol. The van der Waals surface area contributed by atoms with Crippen molar-refractivity contribution in [2.45, 2.75) is 26.2 Å². The molecule has 1 saturated heterocycles. The second-order valence-corrected chi connectivity index (χ2v) is 6.36. The molecule has 27 heavy (non-hydrogen) atoms. The van der Waals surface area contributed by atoms with Crippen LogP contribution in [0.2, 0.25) is 0 Å². The number of amides is 3. The van der Waals surface area contributed by atoms with E-state index in [1.807, 2.05) is 6.92 Å². The fraction of sp³-hybridized carbons (Fsp3) is 0.474. The van der Waals surface area contributed by atoms with Gasteiger partial charge in [0.15, 0.2) is 0 Å². The first kappa shape index (κ1) is 20.4. The normalized spacial score (nSPS) is 16.4. The Morgan fingerprint density at radius 3 is 2.52 bits per heavy atom. The second kappa shape index (κ2) is 9.70. The third kappa shape index (κ3) is 5.80. The van der Waals surface area contributed by atoms with Crippen molar-refractivity contribution in [1.29, 1.82) is 0 Å². The van der Waals surface area contributed by atoms with Gasteiger partial charge >= 0.3 is 5.97 Å². The van der Waals surface area contributed by atoms with E-state index >= 15 is 0 Å². The zero-order valence-corrected chi connectivity index (χ0v) is 15.6. The number of methoxy groups -OCH3 is 1. The number of hydrogen-bond acceptors (Lipinski definition) is 5. The van der Waals surface area contributed by atoms with Crippen LogP contribution in [0.1, 0.15) is 36.5 Å². The molecular weight excluding hydrogens is 350 g/mol. The fourth-order valence-corrected chi connectivity index (χ4v) is 2.92. The van der Waals surface area contributed by atoms with Gasteiger partial charge in [-0.05, 0) is 37.1 Å². The van der Waals surface area contributed by atoms with Crippen LogP contribution >= 0.6 is 0 Å². The van der Waals surface area contributed by atoms with Crippen LogP contribution in [0.3, 0.4) is 0 Å². The van der Waals surface area contributed by atoms with E-state index in [0.717, 1.165) is 12.8 Å². The molecule has 146 valence electrons. The van der Waals surface area contributed by atoms with Crippen LogP contribution < -0.4 is 10.6 Å². The van der Waals surface area contributed by atoms with Crippen LogP contribution in [0.5, 0.6) is 0 Å². The molecule has 0 aliphatic carbocycles. The van der Waals surface area contributed by atoms with Crippen LogP contribution in [0.25, 0.3) is 0 Å².